The highest BCUT2D eigenvalue weighted by molar-refractivity contribution is 8.19. The third kappa shape index (κ3) is 3.55. The minimum absolute atomic E-state index is 0.259. The average Bonchev–Trinajstić information content (AvgIpc) is 3.27. The number of halogens is 1. The molecule has 0 spiro atoms. The lowest BCUT2D eigenvalue weighted by molar-refractivity contribution is -0.113. The van der Waals surface area contributed by atoms with Gasteiger partial charge in [0.1, 0.15) is 5.82 Å². The number of imide groups is 1. The molecule has 5 rings (SSSR count). The van der Waals surface area contributed by atoms with Gasteiger partial charge in [0, 0.05) is 28.2 Å². The number of benzene rings is 3. The maximum Gasteiger partial charge on any atom is 0.298 e. The van der Waals surface area contributed by atoms with Crippen LogP contribution in [0.4, 0.5) is 14.9 Å². The molecule has 0 N–H and O–H groups in total. The van der Waals surface area contributed by atoms with E-state index in [1.807, 2.05) is 47.2 Å². The standard InChI is InChI=1S/C25H17FN2O2S/c26-21-12-6-4-8-17(21)15-27-16-18(20-11-5-7-13-22(20)27)14-23-24(29)28(25(30)31-23)19-9-2-1-3-10-19/h1-14,16H,15H2/b23-14+. The lowest BCUT2D eigenvalue weighted by Crippen LogP contribution is -2.27. The molecule has 1 aliphatic heterocycles. The summed E-state index contributed by atoms with van der Waals surface area (Å²) < 4.78 is 16.2. The predicted molar refractivity (Wildman–Crippen MR) is 122 cm³/mol. The van der Waals surface area contributed by atoms with Gasteiger partial charge in [0.15, 0.2) is 0 Å². The van der Waals surface area contributed by atoms with Crippen molar-refractivity contribution in [3.05, 3.63) is 107 Å². The Balaban J connectivity index is 1.54. The second kappa shape index (κ2) is 7.89. The number of para-hydroxylation sites is 2. The van der Waals surface area contributed by atoms with Crippen LogP contribution >= 0.6 is 11.8 Å². The number of thioether (sulfide) groups is 1. The van der Waals surface area contributed by atoms with E-state index >= 15 is 0 Å². The van der Waals surface area contributed by atoms with Gasteiger partial charge in [-0.05, 0) is 42.1 Å². The van der Waals surface area contributed by atoms with Crippen molar-refractivity contribution in [3.8, 4) is 0 Å². The van der Waals surface area contributed by atoms with Crippen molar-refractivity contribution in [2.24, 2.45) is 0 Å². The van der Waals surface area contributed by atoms with Crippen LogP contribution in [0.5, 0.6) is 0 Å². The molecule has 0 radical (unpaired) electrons. The van der Waals surface area contributed by atoms with Gasteiger partial charge in [-0.15, -0.1) is 0 Å². The highest BCUT2D eigenvalue weighted by Gasteiger charge is 2.36. The zero-order chi connectivity index (χ0) is 21.4. The molecule has 0 bridgehead atoms. The molecule has 31 heavy (non-hydrogen) atoms. The maximum absolute atomic E-state index is 14.2. The summed E-state index contributed by atoms with van der Waals surface area (Å²) in [6.45, 7) is 0.368. The number of hydrogen-bond acceptors (Lipinski definition) is 3. The first-order valence-corrected chi connectivity index (χ1v) is 10.6. The van der Waals surface area contributed by atoms with Gasteiger partial charge in [-0.3, -0.25) is 9.59 Å². The number of rotatable bonds is 4. The fraction of sp³-hybridized carbons (Fsp3) is 0.0400. The highest BCUT2D eigenvalue weighted by atomic mass is 32.2. The van der Waals surface area contributed by atoms with E-state index in [4.69, 9.17) is 0 Å². The molecule has 1 saturated heterocycles. The van der Waals surface area contributed by atoms with E-state index in [9.17, 15) is 14.0 Å². The number of anilines is 1. The zero-order valence-corrected chi connectivity index (χ0v) is 17.2. The van der Waals surface area contributed by atoms with Crippen LogP contribution in [-0.4, -0.2) is 15.7 Å². The van der Waals surface area contributed by atoms with Gasteiger partial charge in [-0.25, -0.2) is 9.29 Å². The lowest BCUT2D eigenvalue weighted by Gasteiger charge is -2.11. The highest BCUT2D eigenvalue weighted by Crippen LogP contribution is 2.37. The molecule has 1 aliphatic rings. The Morgan fingerprint density at radius 3 is 2.39 bits per heavy atom. The van der Waals surface area contributed by atoms with Crippen molar-refractivity contribution in [2.75, 3.05) is 4.90 Å². The molecular formula is C25H17FN2O2S. The Morgan fingerprint density at radius 2 is 1.58 bits per heavy atom. The summed E-state index contributed by atoms with van der Waals surface area (Å²) in [5, 5.41) is 0.614. The minimum Gasteiger partial charge on any atom is -0.342 e. The van der Waals surface area contributed by atoms with Gasteiger partial charge in [0.25, 0.3) is 11.1 Å². The molecule has 1 aromatic heterocycles. The molecular weight excluding hydrogens is 411 g/mol. The molecule has 2 heterocycles. The fourth-order valence-corrected chi connectivity index (χ4v) is 4.57. The first kappa shape index (κ1) is 19.3. The van der Waals surface area contributed by atoms with Crippen LogP contribution in [0, 0.1) is 5.82 Å². The number of aromatic nitrogens is 1. The SMILES string of the molecule is O=C1S/C(=C/c2cn(Cc3ccccc3F)c3ccccc23)C(=O)N1c1ccccc1. The van der Waals surface area contributed by atoms with Crippen molar-refractivity contribution >= 4 is 45.6 Å². The number of amides is 2. The molecule has 152 valence electrons. The van der Waals surface area contributed by atoms with Gasteiger partial charge in [0.2, 0.25) is 0 Å². The first-order valence-electron chi connectivity index (χ1n) is 9.76. The maximum atomic E-state index is 14.2. The van der Waals surface area contributed by atoms with Gasteiger partial charge in [-0.1, -0.05) is 54.6 Å². The largest absolute Gasteiger partial charge is 0.342 e. The number of hydrogen-bond donors (Lipinski definition) is 0. The van der Waals surface area contributed by atoms with E-state index < -0.39 is 0 Å². The van der Waals surface area contributed by atoms with Crippen LogP contribution in [0.15, 0.2) is 90.0 Å². The average molecular weight is 428 g/mol. The van der Waals surface area contributed by atoms with Gasteiger partial charge >= 0.3 is 0 Å². The van der Waals surface area contributed by atoms with Crippen LogP contribution < -0.4 is 4.90 Å². The van der Waals surface area contributed by atoms with E-state index in [-0.39, 0.29) is 17.0 Å². The first-order chi connectivity index (χ1) is 15.1. The second-order valence-corrected chi connectivity index (χ2v) is 8.17. The number of carbonyl (C=O) groups is 2. The van der Waals surface area contributed by atoms with Gasteiger partial charge < -0.3 is 4.57 Å². The van der Waals surface area contributed by atoms with Crippen molar-refractivity contribution < 1.29 is 14.0 Å². The Labute approximate surface area is 182 Å². The van der Waals surface area contributed by atoms with Crippen LogP contribution in [0.3, 0.4) is 0 Å². The topological polar surface area (TPSA) is 42.3 Å². The Morgan fingerprint density at radius 1 is 0.871 bits per heavy atom. The zero-order valence-electron chi connectivity index (χ0n) is 16.4. The molecule has 6 heteroatoms. The smallest absolute Gasteiger partial charge is 0.298 e. The van der Waals surface area contributed by atoms with E-state index in [2.05, 4.69) is 0 Å². The van der Waals surface area contributed by atoms with E-state index in [0.717, 1.165) is 28.2 Å². The summed E-state index contributed by atoms with van der Waals surface area (Å²) in [4.78, 5) is 27.0. The Kier molecular flexibility index (Phi) is 4.92. The molecule has 0 saturated carbocycles. The van der Waals surface area contributed by atoms with E-state index in [1.54, 1.807) is 42.5 Å². The number of nitrogens with zero attached hydrogens (tertiary/aromatic N) is 2. The second-order valence-electron chi connectivity index (χ2n) is 7.17. The van der Waals surface area contributed by atoms with Crippen LogP contribution in [0.2, 0.25) is 0 Å². The summed E-state index contributed by atoms with van der Waals surface area (Å²) in [5.41, 5.74) is 2.87. The van der Waals surface area contributed by atoms with Crippen LogP contribution in [-0.2, 0) is 11.3 Å². The number of fused-ring (bicyclic) bond motifs is 1. The molecule has 1 fully saturated rings. The molecule has 2 amide bonds. The fourth-order valence-electron chi connectivity index (χ4n) is 3.74. The number of carbonyl (C=O) groups excluding carboxylic acids is 2. The van der Waals surface area contributed by atoms with Crippen molar-refractivity contribution in [2.45, 2.75) is 6.54 Å². The molecule has 0 unspecified atom stereocenters. The van der Waals surface area contributed by atoms with E-state index in [0.29, 0.717) is 22.7 Å². The predicted octanol–water partition coefficient (Wildman–Crippen LogP) is 6.07. The van der Waals surface area contributed by atoms with Crippen LogP contribution in [0.25, 0.3) is 17.0 Å². The van der Waals surface area contributed by atoms with E-state index in [1.165, 1.54) is 11.0 Å². The lowest BCUT2D eigenvalue weighted by atomic mass is 10.1. The summed E-state index contributed by atoms with van der Waals surface area (Å²) in [6, 6.07) is 23.3. The Bertz CT molecular complexity index is 1340. The minimum atomic E-state index is -0.341. The summed E-state index contributed by atoms with van der Waals surface area (Å²) >= 11 is 0.925. The normalized spacial score (nSPS) is 15.4. The van der Waals surface area contributed by atoms with Crippen LogP contribution in [0.1, 0.15) is 11.1 Å². The van der Waals surface area contributed by atoms with Crippen molar-refractivity contribution in [1.29, 1.82) is 0 Å². The quantitative estimate of drug-likeness (QED) is 0.371. The van der Waals surface area contributed by atoms with Gasteiger partial charge in [-0.2, -0.15) is 0 Å². The van der Waals surface area contributed by atoms with Crippen molar-refractivity contribution in [1.82, 2.24) is 4.57 Å². The molecule has 4 aromatic rings. The third-order valence-corrected chi connectivity index (χ3v) is 6.08. The third-order valence-electron chi connectivity index (χ3n) is 5.21. The monoisotopic (exact) mass is 428 g/mol. The summed E-state index contributed by atoms with van der Waals surface area (Å²) in [7, 11) is 0. The molecule has 0 aliphatic carbocycles. The molecule has 4 nitrogen and oxygen atoms in total. The summed E-state index contributed by atoms with van der Waals surface area (Å²) in [5.74, 6) is -0.599. The summed E-state index contributed by atoms with van der Waals surface area (Å²) in [6.07, 6.45) is 3.64. The Hall–Kier alpha value is -3.64. The molecule has 0 atom stereocenters. The van der Waals surface area contributed by atoms with Crippen molar-refractivity contribution in [3.63, 3.8) is 0 Å². The van der Waals surface area contributed by atoms with Gasteiger partial charge in [0.05, 0.1) is 17.1 Å². The molecule has 3 aromatic carbocycles.